The first-order chi connectivity index (χ1) is 7.31. The zero-order valence-corrected chi connectivity index (χ0v) is 8.87. The number of methoxy groups -OCH3 is 1. The Balaban J connectivity index is 2.07. The standard InChI is InChI=1S/C12H16FNO/c1-15-10-6-4-9(5-7-10)12(13)11-3-2-8-14-11/h4-7,11-12,14H,2-3,8H2,1H3. The number of benzene rings is 1. The van der Waals surface area contributed by atoms with Gasteiger partial charge in [-0.25, -0.2) is 4.39 Å². The van der Waals surface area contributed by atoms with Gasteiger partial charge in [-0.2, -0.15) is 0 Å². The highest BCUT2D eigenvalue weighted by molar-refractivity contribution is 5.29. The lowest BCUT2D eigenvalue weighted by molar-refractivity contribution is 0.271. The molecular formula is C12H16FNO. The molecule has 0 saturated carbocycles. The van der Waals surface area contributed by atoms with Gasteiger partial charge in [0, 0.05) is 6.04 Å². The minimum absolute atomic E-state index is 0.0154. The van der Waals surface area contributed by atoms with E-state index >= 15 is 0 Å². The Kier molecular flexibility index (Phi) is 3.21. The predicted octanol–water partition coefficient (Wildman–Crippen LogP) is 2.46. The van der Waals surface area contributed by atoms with Gasteiger partial charge in [-0.1, -0.05) is 12.1 Å². The zero-order valence-electron chi connectivity index (χ0n) is 8.87. The highest BCUT2D eigenvalue weighted by Crippen LogP contribution is 2.27. The minimum Gasteiger partial charge on any atom is -0.497 e. The van der Waals surface area contributed by atoms with Crippen LogP contribution in [0.5, 0.6) is 5.75 Å². The predicted molar refractivity (Wildman–Crippen MR) is 57.9 cm³/mol. The van der Waals surface area contributed by atoms with Gasteiger partial charge < -0.3 is 10.1 Å². The number of nitrogens with one attached hydrogen (secondary N) is 1. The summed E-state index contributed by atoms with van der Waals surface area (Å²) in [4.78, 5) is 0. The molecule has 0 aromatic heterocycles. The van der Waals surface area contributed by atoms with E-state index in [2.05, 4.69) is 5.32 Å². The van der Waals surface area contributed by atoms with Gasteiger partial charge in [0.1, 0.15) is 11.9 Å². The fourth-order valence-electron chi connectivity index (χ4n) is 1.98. The number of alkyl halides is 1. The molecule has 0 spiro atoms. The summed E-state index contributed by atoms with van der Waals surface area (Å²) < 4.78 is 19.0. The minimum atomic E-state index is -0.904. The van der Waals surface area contributed by atoms with E-state index in [9.17, 15) is 4.39 Å². The molecule has 82 valence electrons. The first-order valence-electron chi connectivity index (χ1n) is 5.32. The first-order valence-corrected chi connectivity index (χ1v) is 5.32. The van der Waals surface area contributed by atoms with Crippen molar-refractivity contribution >= 4 is 0 Å². The maximum Gasteiger partial charge on any atom is 0.140 e. The largest absolute Gasteiger partial charge is 0.497 e. The summed E-state index contributed by atoms with van der Waals surface area (Å²) in [5.74, 6) is 0.769. The van der Waals surface area contributed by atoms with Crippen LogP contribution in [0.3, 0.4) is 0 Å². The van der Waals surface area contributed by atoms with Gasteiger partial charge in [0.05, 0.1) is 7.11 Å². The van der Waals surface area contributed by atoms with E-state index < -0.39 is 6.17 Å². The third-order valence-electron chi connectivity index (χ3n) is 2.89. The monoisotopic (exact) mass is 209 g/mol. The smallest absolute Gasteiger partial charge is 0.140 e. The van der Waals surface area contributed by atoms with Crippen LogP contribution in [-0.4, -0.2) is 19.7 Å². The molecule has 1 aromatic carbocycles. The zero-order chi connectivity index (χ0) is 10.7. The summed E-state index contributed by atoms with van der Waals surface area (Å²) >= 11 is 0. The second-order valence-electron chi connectivity index (χ2n) is 3.88. The van der Waals surface area contributed by atoms with Crippen molar-refractivity contribution in [3.8, 4) is 5.75 Å². The maximum absolute atomic E-state index is 14.0. The van der Waals surface area contributed by atoms with Crippen LogP contribution in [0.4, 0.5) is 4.39 Å². The van der Waals surface area contributed by atoms with Crippen molar-refractivity contribution in [1.29, 1.82) is 0 Å². The molecule has 1 N–H and O–H groups in total. The topological polar surface area (TPSA) is 21.3 Å². The van der Waals surface area contributed by atoms with Crippen LogP contribution in [-0.2, 0) is 0 Å². The van der Waals surface area contributed by atoms with Gasteiger partial charge in [-0.05, 0) is 37.1 Å². The van der Waals surface area contributed by atoms with Crippen molar-refractivity contribution in [2.45, 2.75) is 25.1 Å². The summed E-state index contributed by atoms with van der Waals surface area (Å²) in [6.07, 6.45) is 1.09. The average molecular weight is 209 g/mol. The molecule has 2 nitrogen and oxygen atoms in total. The molecule has 1 aliphatic rings. The molecule has 1 aliphatic heterocycles. The molecule has 15 heavy (non-hydrogen) atoms. The number of hydrogen-bond acceptors (Lipinski definition) is 2. The van der Waals surface area contributed by atoms with Crippen molar-refractivity contribution in [1.82, 2.24) is 5.32 Å². The molecule has 0 amide bonds. The van der Waals surface area contributed by atoms with E-state index in [1.54, 1.807) is 31.4 Å². The van der Waals surface area contributed by atoms with Gasteiger partial charge >= 0.3 is 0 Å². The summed E-state index contributed by atoms with van der Waals surface area (Å²) in [5, 5.41) is 3.18. The molecule has 0 bridgehead atoms. The SMILES string of the molecule is COc1ccc(C(F)C2CCCN2)cc1. The lowest BCUT2D eigenvalue weighted by Gasteiger charge is -2.16. The summed E-state index contributed by atoms with van der Waals surface area (Å²) in [6, 6.07) is 7.18. The average Bonchev–Trinajstić information content (AvgIpc) is 2.82. The second-order valence-corrected chi connectivity index (χ2v) is 3.88. The Bertz CT molecular complexity index is 306. The fourth-order valence-corrected chi connectivity index (χ4v) is 1.98. The highest BCUT2D eigenvalue weighted by Gasteiger charge is 2.25. The van der Waals surface area contributed by atoms with Crippen LogP contribution in [0.15, 0.2) is 24.3 Å². The maximum atomic E-state index is 14.0. The summed E-state index contributed by atoms with van der Waals surface area (Å²) in [6.45, 7) is 0.932. The molecule has 2 atom stereocenters. The van der Waals surface area contributed by atoms with Gasteiger partial charge in [-0.15, -0.1) is 0 Å². The van der Waals surface area contributed by atoms with Crippen molar-refractivity contribution in [3.63, 3.8) is 0 Å². The van der Waals surface area contributed by atoms with Crippen LogP contribution < -0.4 is 10.1 Å². The molecule has 2 unspecified atom stereocenters. The Morgan fingerprint density at radius 3 is 2.67 bits per heavy atom. The van der Waals surface area contributed by atoms with E-state index in [0.29, 0.717) is 0 Å². The van der Waals surface area contributed by atoms with Gasteiger partial charge in [0.25, 0.3) is 0 Å². The van der Waals surface area contributed by atoms with E-state index in [4.69, 9.17) is 4.74 Å². The Labute approximate surface area is 89.4 Å². The molecule has 0 radical (unpaired) electrons. The molecule has 1 saturated heterocycles. The number of hydrogen-bond donors (Lipinski definition) is 1. The second kappa shape index (κ2) is 4.62. The third kappa shape index (κ3) is 2.29. The van der Waals surface area contributed by atoms with Crippen LogP contribution in [0.25, 0.3) is 0 Å². The molecule has 2 rings (SSSR count). The van der Waals surface area contributed by atoms with Crippen LogP contribution >= 0.6 is 0 Å². The fraction of sp³-hybridized carbons (Fsp3) is 0.500. The van der Waals surface area contributed by atoms with Gasteiger partial charge in [0.2, 0.25) is 0 Å². The van der Waals surface area contributed by atoms with Gasteiger partial charge in [0.15, 0.2) is 0 Å². The lowest BCUT2D eigenvalue weighted by atomic mass is 10.0. The molecule has 1 heterocycles. The Hall–Kier alpha value is -1.09. The van der Waals surface area contributed by atoms with E-state index in [-0.39, 0.29) is 6.04 Å². The van der Waals surface area contributed by atoms with Crippen LogP contribution in [0.2, 0.25) is 0 Å². The van der Waals surface area contributed by atoms with Crippen molar-refractivity contribution in [3.05, 3.63) is 29.8 Å². The van der Waals surface area contributed by atoms with E-state index in [1.807, 2.05) is 0 Å². The van der Waals surface area contributed by atoms with Crippen molar-refractivity contribution < 1.29 is 9.13 Å². The Morgan fingerprint density at radius 2 is 2.13 bits per heavy atom. The van der Waals surface area contributed by atoms with Crippen LogP contribution in [0.1, 0.15) is 24.6 Å². The Morgan fingerprint density at radius 1 is 1.40 bits per heavy atom. The number of rotatable bonds is 3. The third-order valence-corrected chi connectivity index (χ3v) is 2.89. The number of ether oxygens (including phenoxy) is 1. The van der Waals surface area contributed by atoms with E-state index in [0.717, 1.165) is 30.7 Å². The normalized spacial score (nSPS) is 22.7. The molecule has 1 fully saturated rings. The highest BCUT2D eigenvalue weighted by atomic mass is 19.1. The first kappa shape index (κ1) is 10.4. The van der Waals surface area contributed by atoms with Crippen LogP contribution in [0, 0.1) is 0 Å². The van der Waals surface area contributed by atoms with Gasteiger partial charge in [-0.3, -0.25) is 0 Å². The molecule has 1 aromatic rings. The molecule has 0 aliphatic carbocycles. The molecule has 3 heteroatoms. The molecular weight excluding hydrogens is 193 g/mol. The lowest BCUT2D eigenvalue weighted by Crippen LogP contribution is -2.26. The number of halogens is 1. The van der Waals surface area contributed by atoms with E-state index in [1.165, 1.54) is 0 Å². The summed E-state index contributed by atoms with van der Waals surface area (Å²) in [7, 11) is 1.61. The quantitative estimate of drug-likeness (QED) is 0.825. The van der Waals surface area contributed by atoms with Crippen molar-refractivity contribution in [2.24, 2.45) is 0 Å². The summed E-state index contributed by atoms with van der Waals surface area (Å²) in [5.41, 5.74) is 0.732. The van der Waals surface area contributed by atoms with Crippen molar-refractivity contribution in [2.75, 3.05) is 13.7 Å².